The van der Waals surface area contributed by atoms with Crippen molar-refractivity contribution in [2.45, 2.75) is 12.6 Å². The van der Waals surface area contributed by atoms with Crippen LogP contribution in [0.3, 0.4) is 0 Å². The lowest BCUT2D eigenvalue weighted by atomic mass is 10.0. The Hall–Kier alpha value is -2.16. The predicted octanol–water partition coefficient (Wildman–Crippen LogP) is 2.11. The zero-order valence-electron chi connectivity index (χ0n) is 14.3. The second-order valence-corrected chi connectivity index (χ2v) is 5.88. The molecule has 0 aliphatic heterocycles. The number of nitrogens with one attached hydrogen (secondary N) is 3. The topological polar surface area (TPSA) is 72.5 Å². The predicted molar refractivity (Wildman–Crippen MR) is 100 cm³/mol. The highest BCUT2D eigenvalue weighted by molar-refractivity contribution is 6.23. The summed E-state index contributed by atoms with van der Waals surface area (Å²) in [6.45, 7) is 0.964. The van der Waals surface area contributed by atoms with Gasteiger partial charge in [-0.25, -0.2) is 0 Å². The number of hydrazine groups is 1. The zero-order chi connectivity index (χ0) is 17.5. The number of hydroxylamine groups is 2. The average molecular weight is 338 g/mol. The third kappa shape index (κ3) is 4.48. The Kier molecular flexibility index (Phi) is 6.22. The SMILES string of the molecule is COBNNCC(c1c[nH]c2ccccc12)N(O)Cc1ccccc1. The molecule has 1 atom stereocenters. The Morgan fingerprint density at radius 3 is 2.72 bits per heavy atom. The highest BCUT2D eigenvalue weighted by Crippen LogP contribution is 2.28. The van der Waals surface area contributed by atoms with Gasteiger partial charge < -0.3 is 14.8 Å². The fourth-order valence-electron chi connectivity index (χ4n) is 2.92. The molecule has 4 N–H and O–H groups in total. The van der Waals surface area contributed by atoms with Crippen LogP contribution in [0.5, 0.6) is 0 Å². The average Bonchev–Trinajstić information content (AvgIpc) is 3.06. The molecule has 1 unspecified atom stereocenters. The number of hydrogen-bond acceptors (Lipinski definition) is 5. The smallest absolute Gasteiger partial charge is 0.374 e. The first kappa shape index (κ1) is 17.7. The summed E-state index contributed by atoms with van der Waals surface area (Å²) >= 11 is 0. The van der Waals surface area contributed by atoms with E-state index in [1.54, 1.807) is 7.11 Å². The molecule has 7 heteroatoms. The van der Waals surface area contributed by atoms with E-state index < -0.39 is 0 Å². The first-order chi connectivity index (χ1) is 12.3. The zero-order valence-corrected chi connectivity index (χ0v) is 14.3. The lowest BCUT2D eigenvalue weighted by Crippen LogP contribution is -2.42. The van der Waals surface area contributed by atoms with E-state index in [-0.39, 0.29) is 6.04 Å². The Morgan fingerprint density at radius 1 is 1.16 bits per heavy atom. The lowest BCUT2D eigenvalue weighted by Gasteiger charge is -2.26. The van der Waals surface area contributed by atoms with Crippen molar-refractivity contribution in [2.75, 3.05) is 13.7 Å². The van der Waals surface area contributed by atoms with Crippen molar-refractivity contribution < 1.29 is 9.86 Å². The van der Waals surface area contributed by atoms with E-state index in [9.17, 15) is 5.21 Å². The highest BCUT2D eigenvalue weighted by atomic mass is 16.5. The Labute approximate surface area is 148 Å². The van der Waals surface area contributed by atoms with Crippen molar-refractivity contribution in [1.29, 1.82) is 0 Å². The molecule has 0 fully saturated rings. The third-order valence-electron chi connectivity index (χ3n) is 4.16. The Bertz CT molecular complexity index is 781. The Balaban J connectivity index is 1.81. The fourth-order valence-corrected chi connectivity index (χ4v) is 2.92. The number of H-pyrrole nitrogens is 1. The van der Waals surface area contributed by atoms with Crippen LogP contribution in [0.1, 0.15) is 17.2 Å². The summed E-state index contributed by atoms with van der Waals surface area (Å²) in [7, 11) is 2.02. The van der Waals surface area contributed by atoms with Gasteiger partial charge in [0.05, 0.1) is 6.04 Å². The summed E-state index contributed by atoms with van der Waals surface area (Å²) < 4.78 is 4.98. The monoisotopic (exact) mass is 338 g/mol. The molecular formula is C18H23BN4O2. The molecule has 0 bridgehead atoms. The number of benzene rings is 2. The van der Waals surface area contributed by atoms with Gasteiger partial charge in [0.2, 0.25) is 0 Å². The van der Waals surface area contributed by atoms with Crippen molar-refractivity contribution in [1.82, 2.24) is 20.8 Å². The van der Waals surface area contributed by atoms with E-state index in [1.165, 1.54) is 5.06 Å². The van der Waals surface area contributed by atoms with Crippen LogP contribution in [-0.4, -0.2) is 36.5 Å². The second kappa shape index (κ2) is 8.80. The molecule has 1 heterocycles. The van der Waals surface area contributed by atoms with Gasteiger partial charge in [-0.2, -0.15) is 5.06 Å². The molecule has 25 heavy (non-hydrogen) atoms. The Morgan fingerprint density at radius 2 is 1.92 bits per heavy atom. The van der Waals surface area contributed by atoms with Gasteiger partial charge in [-0.15, -0.1) is 0 Å². The third-order valence-corrected chi connectivity index (χ3v) is 4.16. The molecule has 0 amide bonds. The molecule has 0 saturated carbocycles. The molecule has 0 spiro atoms. The van der Waals surface area contributed by atoms with Gasteiger partial charge in [0.25, 0.3) is 0 Å². The molecule has 1 aromatic heterocycles. The number of para-hydroxylation sites is 1. The number of fused-ring (bicyclic) bond motifs is 1. The second-order valence-electron chi connectivity index (χ2n) is 5.88. The molecule has 0 saturated heterocycles. The van der Waals surface area contributed by atoms with Crippen LogP contribution >= 0.6 is 0 Å². The van der Waals surface area contributed by atoms with Gasteiger partial charge in [0.15, 0.2) is 0 Å². The molecule has 0 aliphatic carbocycles. The van der Waals surface area contributed by atoms with Crippen molar-refractivity contribution in [3.8, 4) is 0 Å². The minimum Gasteiger partial charge on any atom is -0.426 e. The lowest BCUT2D eigenvalue weighted by molar-refractivity contribution is -0.136. The molecule has 2 aromatic carbocycles. The van der Waals surface area contributed by atoms with Crippen LogP contribution in [0.4, 0.5) is 0 Å². The van der Waals surface area contributed by atoms with Crippen molar-refractivity contribution in [3.05, 3.63) is 71.9 Å². The van der Waals surface area contributed by atoms with E-state index >= 15 is 0 Å². The maximum Gasteiger partial charge on any atom is 0.374 e. The molecule has 3 aromatic rings. The summed E-state index contributed by atoms with van der Waals surface area (Å²) in [6, 6.07) is 17.8. The number of hydrogen-bond donors (Lipinski definition) is 4. The summed E-state index contributed by atoms with van der Waals surface area (Å²) in [5.74, 6) is 0. The van der Waals surface area contributed by atoms with Crippen LogP contribution in [0.2, 0.25) is 0 Å². The summed E-state index contributed by atoms with van der Waals surface area (Å²) in [5, 5.41) is 16.2. The van der Waals surface area contributed by atoms with Gasteiger partial charge in [0.1, 0.15) is 0 Å². The van der Waals surface area contributed by atoms with Crippen LogP contribution in [0.25, 0.3) is 10.9 Å². The highest BCUT2D eigenvalue weighted by Gasteiger charge is 2.22. The fraction of sp³-hybridized carbons (Fsp3) is 0.222. The van der Waals surface area contributed by atoms with Gasteiger partial charge in [-0.1, -0.05) is 48.5 Å². The van der Waals surface area contributed by atoms with Crippen LogP contribution < -0.4 is 10.8 Å². The maximum atomic E-state index is 10.8. The van der Waals surface area contributed by atoms with Crippen molar-refractivity contribution in [3.63, 3.8) is 0 Å². The minimum absolute atomic E-state index is 0.222. The standard InChI is InChI=1S/C18H23BN4O2/c1-25-19-22-21-12-18(23(24)13-14-7-3-2-4-8-14)16-11-20-17-10-6-5-9-15(16)17/h2-11,18-22,24H,12-13H2,1H3. The quantitative estimate of drug-likeness (QED) is 0.273. The minimum atomic E-state index is -0.222. The van der Waals surface area contributed by atoms with E-state index in [4.69, 9.17) is 4.65 Å². The van der Waals surface area contributed by atoms with Crippen LogP contribution in [0.15, 0.2) is 60.8 Å². The first-order valence-corrected chi connectivity index (χ1v) is 8.29. The molecule has 130 valence electrons. The van der Waals surface area contributed by atoms with E-state index in [0.717, 1.165) is 22.0 Å². The van der Waals surface area contributed by atoms with Crippen molar-refractivity contribution in [2.24, 2.45) is 0 Å². The van der Waals surface area contributed by atoms with Gasteiger partial charge in [0, 0.05) is 37.3 Å². The molecule has 0 aliphatic rings. The molecule has 0 radical (unpaired) electrons. The van der Waals surface area contributed by atoms with E-state index in [0.29, 0.717) is 20.7 Å². The largest absolute Gasteiger partial charge is 0.426 e. The van der Waals surface area contributed by atoms with Gasteiger partial charge in [-0.05, 0) is 17.2 Å². The first-order valence-electron chi connectivity index (χ1n) is 8.29. The van der Waals surface area contributed by atoms with Crippen molar-refractivity contribution >= 4 is 18.5 Å². The summed E-state index contributed by atoms with van der Waals surface area (Å²) in [4.78, 5) is 3.28. The normalized spacial score (nSPS) is 12.6. The van der Waals surface area contributed by atoms with Gasteiger partial charge in [-0.3, -0.25) is 10.8 Å². The number of nitrogens with zero attached hydrogens (tertiary/aromatic N) is 1. The molecule has 6 nitrogen and oxygen atoms in total. The number of aromatic nitrogens is 1. The number of rotatable bonds is 9. The van der Waals surface area contributed by atoms with E-state index in [2.05, 4.69) is 21.8 Å². The van der Waals surface area contributed by atoms with Crippen LogP contribution in [0, 0.1) is 0 Å². The summed E-state index contributed by atoms with van der Waals surface area (Å²) in [6.07, 6.45) is 1.96. The summed E-state index contributed by atoms with van der Waals surface area (Å²) in [5.41, 5.74) is 6.27. The van der Waals surface area contributed by atoms with Gasteiger partial charge >= 0.3 is 7.62 Å². The van der Waals surface area contributed by atoms with E-state index in [1.807, 2.05) is 54.7 Å². The molecule has 3 rings (SSSR count). The molecular weight excluding hydrogens is 315 g/mol. The number of aromatic amines is 1. The maximum absolute atomic E-state index is 10.8. The van der Waals surface area contributed by atoms with Crippen LogP contribution in [-0.2, 0) is 11.2 Å².